The van der Waals surface area contributed by atoms with Crippen LogP contribution in [0.25, 0.3) is 0 Å². The molecule has 25 heavy (non-hydrogen) atoms. The molecule has 4 atom stereocenters. The first-order chi connectivity index (χ1) is 11.7. The van der Waals surface area contributed by atoms with Gasteiger partial charge in [0.15, 0.2) is 0 Å². The van der Waals surface area contributed by atoms with Gasteiger partial charge >= 0.3 is 0 Å². The molecule has 1 amide bonds. The molecule has 2 aliphatic carbocycles. The minimum Gasteiger partial charge on any atom is -0.391 e. The number of carbonyl (C=O) groups is 1. The maximum Gasteiger partial charge on any atom is 0.255 e. The Morgan fingerprint density at radius 2 is 1.88 bits per heavy atom. The maximum atomic E-state index is 12.8. The van der Waals surface area contributed by atoms with Crippen LogP contribution in [-0.2, 0) is 0 Å². The zero-order valence-corrected chi connectivity index (χ0v) is 15.4. The summed E-state index contributed by atoms with van der Waals surface area (Å²) in [6.45, 7) is 2.00. The van der Waals surface area contributed by atoms with Gasteiger partial charge in [0.2, 0.25) is 0 Å². The van der Waals surface area contributed by atoms with Crippen LogP contribution >= 0.6 is 12.4 Å². The van der Waals surface area contributed by atoms with E-state index >= 15 is 0 Å². The first-order valence-corrected chi connectivity index (χ1v) is 9.45. The first kappa shape index (κ1) is 18.7. The van der Waals surface area contributed by atoms with Gasteiger partial charge < -0.3 is 15.7 Å². The number of halogens is 1. The summed E-state index contributed by atoms with van der Waals surface area (Å²) >= 11 is 0. The van der Waals surface area contributed by atoms with Gasteiger partial charge in [-0.05, 0) is 50.6 Å². The van der Waals surface area contributed by atoms with E-state index in [4.69, 9.17) is 0 Å². The second-order valence-corrected chi connectivity index (χ2v) is 7.83. The Morgan fingerprint density at radius 3 is 2.64 bits per heavy atom. The highest BCUT2D eigenvalue weighted by molar-refractivity contribution is 5.95. The summed E-state index contributed by atoms with van der Waals surface area (Å²) in [7, 11) is 0. The van der Waals surface area contributed by atoms with Crippen LogP contribution < -0.4 is 10.6 Å². The Hall–Kier alpha value is -1.11. The Labute approximate surface area is 154 Å². The van der Waals surface area contributed by atoms with E-state index < -0.39 is 6.10 Å². The fourth-order valence-electron chi connectivity index (χ4n) is 4.88. The summed E-state index contributed by atoms with van der Waals surface area (Å²) in [6.07, 6.45) is 8.84. The lowest BCUT2D eigenvalue weighted by Crippen LogP contribution is -2.49. The van der Waals surface area contributed by atoms with Crippen molar-refractivity contribution in [1.82, 2.24) is 20.8 Å². The van der Waals surface area contributed by atoms with E-state index in [1.165, 1.54) is 19.3 Å². The zero-order valence-electron chi connectivity index (χ0n) is 14.5. The molecule has 0 radical (unpaired) electrons. The number of hydrogen-bond acceptors (Lipinski definition) is 4. The quantitative estimate of drug-likeness (QED) is 0.656. The number of nitrogens with zero attached hydrogens (tertiary/aromatic N) is 1. The predicted octanol–water partition coefficient (Wildman–Crippen LogP) is 1.97. The summed E-state index contributed by atoms with van der Waals surface area (Å²) in [5.74, 6) is 1.46. The molecule has 2 saturated carbocycles. The van der Waals surface area contributed by atoms with Crippen molar-refractivity contribution in [3.8, 4) is 0 Å². The second-order valence-electron chi connectivity index (χ2n) is 7.83. The molecule has 140 valence electrons. The third kappa shape index (κ3) is 3.86. The highest BCUT2D eigenvalue weighted by atomic mass is 35.5. The molecular weight excluding hydrogens is 340 g/mol. The highest BCUT2D eigenvalue weighted by Gasteiger charge is 2.39. The topological polar surface area (TPSA) is 90.0 Å². The first-order valence-electron chi connectivity index (χ1n) is 9.45. The lowest BCUT2D eigenvalue weighted by molar-refractivity contribution is 0.0461. The van der Waals surface area contributed by atoms with Crippen molar-refractivity contribution < 1.29 is 9.90 Å². The number of fused-ring (bicyclic) bond motifs is 1. The lowest BCUT2D eigenvalue weighted by atomic mass is 9.77. The van der Waals surface area contributed by atoms with Crippen molar-refractivity contribution in [3.05, 3.63) is 17.5 Å². The molecule has 4 rings (SSSR count). The molecule has 0 bridgehead atoms. The minimum atomic E-state index is -0.444. The van der Waals surface area contributed by atoms with Crippen LogP contribution in [0.15, 0.2) is 6.20 Å². The van der Waals surface area contributed by atoms with Crippen LogP contribution in [0.1, 0.15) is 66.9 Å². The van der Waals surface area contributed by atoms with E-state index in [1.54, 1.807) is 6.20 Å². The van der Waals surface area contributed by atoms with Gasteiger partial charge in [0.1, 0.15) is 0 Å². The van der Waals surface area contributed by atoms with Crippen molar-refractivity contribution in [2.75, 3.05) is 13.1 Å². The van der Waals surface area contributed by atoms with Gasteiger partial charge in [0, 0.05) is 5.92 Å². The minimum absolute atomic E-state index is 0. The third-order valence-corrected chi connectivity index (χ3v) is 6.29. The van der Waals surface area contributed by atoms with Crippen molar-refractivity contribution >= 4 is 18.3 Å². The molecule has 1 aromatic heterocycles. The number of hydrogen-bond donors (Lipinski definition) is 4. The van der Waals surface area contributed by atoms with Crippen molar-refractivity contribution in [2.45, 2.75) is 63.0 Å². The molecule has 1 aromatic rings. The van der Waals surface area contributed by atoms with Crippen LogP contribution in [-0.4, -0.2) is 46.4 Å². The number of nitrogens with one attached hydrogen (secondary N) is 3. The average molecular weight is 369 g/mol. The van der Waals surface area contributed by atoms with Crippen molar-refractivity contribution in [3.63, 3.8) is 0 Å². The monoisotopic (exact) mass is 368 g/mol. The van der Waals surface area contributed by atoms with E-state index in [0.29, 0.717) is 23.3 Å². The van der Waals surface area contributed by atoms with E-state index in [-0.39, 0.29) is 24.4 Å². The Balaban J connectivity index is 0.00000182. The van der Waals surface area contributed by atoms with Crippen molar-refractivity contribution in [1.29, 1.82) is 0 Å². The van der Waals surface area contributed by atoms with Gasteiger partial charge in [0.05, 0.1) is 29.6 Å². The molecule has 0 aromatic carbocycles. The van der Waals surface area contributed by atoms with Gasteiger partial charge in [-0.25, -0.2) is 0 Å². The molecule has 4 N–H and O–H groups in total. The van der Waals surface area contributed by atoms with E-state index in [2.05, 4.69) is 20.8 Å². The van der Waals surface area contributed by atoms with Gasteiger partial charge in [-0.3, -0.25) is 9.89 Å². The van der Waals surface area contributed by atoms with E-state index in [9.17, 15) is 9.90 Å². The van der Waals surface area contributed by atoms with Crippen LogP contribution in [0.4, 0.5) is 0 Å². The van der Waals surface area contributed by atoms with Crippen LogP contribution in [0.3, 0.4) is 0 Å². The molecule has 3 aliphatic rings. The van der Waals surface area contributed by atoms with Crippen molar-refractivity contribution in [2.24, 2.45) is 11.8 Å². The fourth-order valence-corrected chi connectivity index (χ4v) is 4.88. The largest absolute Gasteiger partial charge is 0.391 e. The molecule has 7 heteroatoms. The molecule has 0 spiro atoms. The summed E-state index contributed by atoms with van der Waals surface area (Å²) < 4.78 is 0. The second kappa shape index (κ2) is 8.06. The smallest absolute Gasteiger partial charge is 0.255 e. The normalized spacial score (nSPS) is 32.7. The number of H-pyrrole nitrogens is 1. The fraction of sp³-hybridized carbons (Fsp3) is 0.778. The summed E-state index contributed by atoms with van der Waals surface area (Å²) in [5.41, 5.74) is 1.65. The zero-order chi connectivity index (χ0) is 16.5. The molecule has 0 unspecified atom stereocenters. The lowest BCUT2D eigenvalue weighted by Gasteiger charge is -2.35. The van der Waals surface area contributed by atoms with Crippen LogP contribution in [0.5, 0.6) is 0 Å². The number of aromatic nitrogens is 2. The Kier molecular flexibility index (Phi) is 6.02. The molecule has 6 nitrogen and oxygen atoms in total. The number of aliphatic hydroxyl groups is 1. The van der Waals surface area contributed by atoms with E-state index in [1.807, 2.05) is 0 Å². The van der Waals surface area contributed by atoms with Gasteiger partial charge in [-0.1, -0.05) is 19.3 Å². The average Bonchev–Trinajstić information content (AvgIpc) is 3.24. The van der Waals surface area contributed by atoms with Crippen LogP contribution in [0.2, 0.25) is 0 Å². The maximum absolute atomic E-state index is 12.8. The summed E-state index contributed by atoms with van der Waals surface area (Å²) in [5, 5.41) is 24.1. The number of aliphatic hydroxyl groups excluding tert-OH is 1. The number of aromatic amines is 1. The Morgan fingerprint density at radius 1 is 1.16 bits per heavy atom. The van der Waals surface area contributed by atoms with Gasteiger partial charge in [-0.2, -0.15) is 5.10 Å². The van der Waals surface area contributed by atoms with Gasteiger partial charge in [-0.15, -0.1) is 12.4 Å². The standard InChI is InChI=1S/C18H28N4O2.ClH/c23-16-7-13-9-19-8-12(13)6-15(16)21-18(24)14-10-20-22-17(14)11-4-2-1-3-5-11;/h10-13,15-16,19,23H,1-9H2,(H,20,22)(H,21,24);1H/t12-,13+,15-,16-;/m0./s1. The third-order valence-electron chi connectivity index (χ3n) is 6.29. The molecule has 3 fully saturated rings. The highest BCUT2D eigenvalue weighted by Crippen LogP contribution is 2.35. The predicted molar refractivity (Wildman–Crippen MR) is 98.0 cm³/mol. The number of rotatable bonds is 3. The Bertz CT molecular complexity index is 587. The van der Waals surface area contributed by atoms with Gasteiger partial charge in [0.25, 0.3) is 5.91 Å². The van der Waals surface area contributed by atoms with Crippen LogP contribution in [0, 0.1) is 11.8 Å². The summed E-state index contributed by atoms with van der Waals surface area (Å²) in [6, 6.07) is -0.146. The number of carbonyl (C=O) groups excluding carboxylic acids is 1. The summed E-state index contributed by atoms with van der Waals surface area (Å²) in [4.78, 5) is 12.8. The van der Waals surface area contributed by atoms with E-state index in [0.717, 1.165) is 44.5 Å². The molecule has 2 heterocycles. The molecule has 1 aliphatic heterocycles. The molecular formula is C18H29ClN4O2. The molecule has 1 saturated heterocycles. The number of amides is 1. The SMILES string of the molecule is Cl.O=C(N[C@H]1C[C@H]2CNC[C@H]2C[C@@H]1O)c1cn[nH]c1C1CCCCC1.